The summed E-state index contributed by atoms with van der Waals surface area (Å²) in [6.45, 7) is 0. The van der Waals surface area contributed by atoms with Crippen LogP contribution in [0.4, 0.5) is 10.3 Å². The SMILES string of the molecule is O=C(Nc1nc2c(s1)Cc1ccccc1-2)c1ccc(Oc2ccc(C(=O)Nc3nc4c(s3)Cc3ccccc3-4)cc2)cc1. The van der Waals surface area contributed by atoms with Crippen LogP contribution >= 0.6 is 22.7 Å². The number of carbonyl (C=O) groups excluding carboxylic acids is 2. The Labute approximate surface area is 254 Å². The largest absolute Gasteiger partial charge is 0.457 e. The van der Waals surface area contributed by atoms with Gasteiger partial charge in [0.1, 0.15) is 11.5 Å². The van der Waals surface area contributed by atoms with Gasteiger partial charge in [-0.05, 0) is 59.7 Å². The fourth-order valence-electron chi connectivity index (χ4n) is 5.45. The number of rotatable bonds is 6. The zero-order valence-corrected chi connectivity index (χ0v) is 24.2. The fourth-order valence-corrected chi connectivity index (χ4v) is 7.44. The van der Waals surface area contributed by atoms with Crippen LogP contribution in [0.15, 0.2) is 97.1 Å². The van der Waals surface area contributed by atoms with Gasteiger partial charge in [0.2, 0.25) is 0 Å². The third-order valence-electron chi connectivity index (χ3n) is 7.55. The fraction of sp³-hybridized carbons (Fsp3) is 0.0588. The predicted molar refractivity (Wildman–Crippen MR) is 170 cm³/mol. The number of ether oxygens (including phenoxy) is 1. The lowest BCUT2D eigenvalue weighted by atomic mass is 10.1. The van der Waals surface area contributed by atoms with Gasteiger partial charge in [-0.3, -0.25) is 20.2 Å². The molecule has 0 aliphatic heterocycles. The molecule has 0 radical (unpaired) electrons. The van der Waals surface area contributed by atoms with E-state index in [1.807, 2.05) is 24.3 Å². The number of carbonyl (C=O) groups is 2. The number of aromatic nitrogens is 2. The molecule has 2 aromatic heterocycles. The van der Waals surface area contributed by atoms with E-state index in [1.54, 1.807) is 48.5 Å². The van der Waals surface area contributed by atoms with Crippen molar-refractivity contribution >= 4 is 44.8 Å². The summed E-state index contributed by atoms with van der Waals surface area (Å²) < 4.78 is 5.95. The molecule has 0 saturated heterocycles. The van der Waals surface area contributed by atoms with E-state index in [-0.39, 0.29) is 11.8 Å². The van der Waals surface area contributed by atoms with Crippen LogP contribution in [0, 0.1) is 0 Å². The minimum absolute atomic E-state index is 0.225. The van der Waals surface area contributed by atoms with Crippen LogP contribution in [0.2, 0.25) is 0 Å². The van der Waals surface area contributed by atoms with E-state index in [0.29, 0.717) is 32.9 Å². The Bertz CT molecular complexity index is 1900. The molecule has 2 amide bonds. The van der Waals surface area contributed by atoms with Gasteiger partial charge < -0.3 is 4.74 Å². The van der Waals surface area contributed by atoms with Gasteiger partial charge in [-0.1, -0.05) is 48.5 Å². The van der Waals surface area contributed by atoms with Gasteiger partial charge in [-0.15, -0.1) is 22.7 Å². The van der Waals surface area contributed by atoms with E-state index in [9.17, 15) is 9.59 Å². The van der Waals surface area contributed by atoms with Crippen molar-refractivity contribution in [3.63, 3.8) is 0 Å². The van der Waals surface area contributed by atoms with Gasteiger partial charge in [0, 0.05) is 44.8 Å². The number of nitrogens with zero attached hydrogens (tertiary/aromatic N) is 2. The average Bonchev–Trinajstić information content (AvgIpc) is 3.77. The molecule has 4 aromatic carbocycles. The first kappa shape index (κ1) is 25.6. The lowest BCUT2D eigenvalue weighted by Crippen LogP contribution is -2.11. The van der Waals surface area contributed by atoms with Crippen LogP contribution in [0.1, 0.15) is 41.6 Å². The number of hydrogen-bond acceptors (Lipinski definition) is 7. The molecule has 6 aromatic rings. The molecule has 0 atom stereocenters. The Morgan fingerprint density at radius 3 is 1.44 bits per heavy atom. The Morgan fingerprint density at radius 1 is 0.581 bits per heavy atom. The zero-order valence-electron chi connectivity index (χ0n) is 22.6. The van der Waals surface area contributed by atoms with Crippen molar-refractivity contribution in [3.05, 3.63) is 129 Å². The van der Waals surface area contributed by atoms with E-state index in [4.69, 9.17) is 4.74 Å². The summed E-state index contributed by atoms with van der Waals surface area (Å²) in [5.74, 6) is 0.710. The number of benzene rings is 4. The molecular weight excluding hydrogens is 577 g/mol. The summed E-state index contributed by atoms with van der Waals surface area (Å²) in [6.07, 6.45) is 1.69. The van der Waals surface area contributed by atoms with E-state index in [1.165, 1.54) is 43.6 Å². The second kappa shape index (κ2) is 10.3. The molecule has 0 saturated carbocycles. The normalized spacial score (nSPS) is 12.2. The second-order valence-corrected chi connectivity index (χ2v) is 12.5. The molecule has 7 nitrogen and oxygen atoms in total. The highest BCUT2D eigenvalue weighted by molar-refractivity contribution is 7.16. The Balaban J connectivity index is 0.882. The van der Waals surface area contributed by atoms with Gasteiger partial charge >= 0.3 is 0 Å². The molecule has 0 spiro atoms. The summed E-state index contributed by atoms with van der Waals surface area (Å²) in [7, 11) is 0. The maximum absolute atomic E-state index is 12.9. The van der Waals surface area contributed by atoms with Crippen LogP contribution < -0.4 is 15.4 Å². The van der Waals surface area contributed by atoms with Gasteiger partial charge in [-0.25, -0.2) is 9.97 Å². The number of hydrogen-bond donors (Lipinski definition) is 2. The predicted octanol–water partition coefficient (Wildman–Crippen LogP) is 8.04. The average molecular weight is 599 g/mol. The van der Waals surface area contributed by atoms with Gasteiger partial charge in [-0.2, -0.15) is 0 Å². The topological polar surface area (TPSA) is 93.2 Å². The zero-order chi connectivity index (χ0) is 28.9. The summed E-state index contributed by atoms with van der Waals surface area (Å²) >= 11 is 3.03. The Hall–Kier alpha value is -5.12. The first-order chi connectivity index (χ1) is 21.1. The molecule has 0 fully saturated rings. The monoisotopic (exact) mass is 598 g/mol. The molecule has 2 aliphatic carbocycles. The summed E-state index contributed by atoms with van der Waals surface area (Å²) in [4.78, 5) is 37.4. The van der Waals surface area contributed by atoms with Crippen molar-refractivity contribution in [2.24, 2.45) is 0 Å². The van der Waals surface area contributed by atoms with Crippen LogP contribution in [-0.2, 0) is 12.8 Å². The van der Waals surface area contributed by atoms with Crippen molar-refractivity contribution < 1.29 is 14.3 Å². The third-order valence-corrected chi connectivity index (χ3v) is 9.49. The molecule has 0 bridgehead atoms. The number of anilines is 2. The lowest BCUT2D eigenvalue weighted by Gasteiger charge is -2.08. The maximum Gasteiger partial charge on any atom is 0.257 e. The standard InChI is InChI=1S/C34H22N4O3S2/c39-31(37-33-35-29-25-7-3-1-5-21(25)17-27(29)42-33)19-9-13-23(14-10-19)41-24-15-11-20(12-16-24)32(40)38-34-36-30-26-8-4-2-6-22(26)18-28(30)43-34/h1-16H,17-18H2,(H,35,37,39)(H,36,38,40). The highest BCUT2D eigenvalue weighted by Crippen LogP contribution is 2.42. The molecule has 2 N–H and O–H groups in total. The van der Waals surface area contributed by atoms with Crippen molar-refractivity contribution in [2.75, 3.05) is 10.6 Å². The molecule has 2 aliphatic rings. The van der Waals surface area contributed by atoms with Crippen molar-refractivity contribution in [1.29, 1.82) is 0 Å². The minimum atomic E-state index is -0.225. The Kier molecular flexibility index (Phi) is 6.13. The van der Waals surface area contributed by atoms with Gasteiger partial charge in [0.05, 0.1) is 11.4 Å². The van der Waals surface area contributed by atoms with Gasteiger partial charge in [0.15, 0.2) is 10.3 Å². The van der Waals surface area contributed by atoms with Crippen molar-refractivity contribution in [1.82, 2.24) is 9.97 Å². The minimum Gasteiger partial charge on any atom is -0.457 e. The second-order valence-electron chi connectivity index (χ2n) is 10.3. The molecule has 43 heavy (non-hydrogen) atoms. The number of thiazole rings is 2. The molecule has 2 heterocycles. The van der Waals surface area contributed by atoms with Crippen molar-refractivity contribution in [3.8, 4) is 34.0 Å². The van der Waals surface area contributed by atoms with Crippen LogP contribution in [0.5, 0.6) is 11.5 Å². The van der Waals surface area contributed by atoms with Gasteiger partial charge in [0.25, 0.3) is 11.8 Å². The highest BCUT2D eigenvalue weighted by atomic mass is 32.1. The molecular formula is C34H22N4O3S2. The number of fused-ring (bicyclic) bond motifs is 6. The van der Waals surface area contributed by atoms with Crippen molar-refractivity contribution in [2.45, 2.75) is 12.8 Å². The molecule has 9 heteroatoms. The first-order valence-corrected chi connectivity index (χ1v) is 15.4. The maximum atomic E-state index is 12.9. The van der Waals surface area contributed by atoms with Crippen LogP contribution in [-0.4, -0.2) is 21.8 Å². The quantitative estimate of drug-likeness (QED) is 0.202. The lowest BCUT2D eigenvalue weighted by molar-refractivity contribution is 0.101. The highest BCUT2D eigenvalue weighted by Gasteiger charge is 2.25. The molecule has 8 rings (SSSR count). The van der Waals surface area contributed by atoms with E-state index in [2.05, 4.69) is 44.9 Å². The number of nitrogens with one attached hydrogen (secondary N) is 2. The van der Waals surface area contributed by atoms with E-state index >= 15 is 0 Å². The summed E-state index contributed by atoms with van der Waals surface area (Å²) in [5.41, 5.74) is 7.75. The smallest absolute Gasteiger partial charge is 0.257 e. The first-order valence-electron chi connectivity index (χ1n) is 13.7. The molecule has 0 unspecified atom stereocenters. The van der Waals surface area contributed by atoms with E-state index < -0.39 is 0 Å². The Morgan fingerprint density at radius 2 is 1.00 bits per heavy atom. The van der Waals surface area contributed by atoms with Crippen LogP contribution in [0.3, 0.4) is 0 Å². The van der Waals surface area contributed by atoms with E-state index in [0.717, 1.165) is 35.4 Å². The summed E-state index contributed by atoms with van der Waals surface area (Å²) in [5, 5.41) is 7.04. The van der Waals surface area contributed by atoms with Crippen LogP contribution in [0.25, 0.3) is 22.5 Å². The summed E-state index contributed by atoms with van der Waals surface area (Å²) in [6, 6.07) is 30.3. The third kappa shape index (κ3) is 4.78. The molecule has 208 valence electrons. The number of amides is 2.